The number of anilines is 2. The molecule has 4 aromatic rings. The molecule has 152 valence electrons. The number of ether oxygens (including phenoxy) is 2. The van der Waals surface area contributed by atoms with Gasteiger partial charge in [0, 0.05) is 36.1 Å². The number of aromatic nitrogens is 1. The van der Waals surface area contributed by atoms with Gasteiger partial charge >= 0.3 is 0 Å². The molecule has 2 heterocycles. The van der Waals surface area contributed by atoms with Gasteiger partial charge in [-0.15, -0.1) is 0 Å². The Hall–Kier alpha value is -4.00. The second-order valence-corrected chi connectivity index (χ2v) is 6.55. The maximum absolute atomic E-state index is 11.8. The third kappa shape index (κ3) is 4.05. The molecule has 0 saturated heterocycles. The van der Waals surface area contributed by atoms with Crippen LogP contribution >= 0.6 is 0 Å². The summed E-state index contributed by atoms with van der Waals surface area (Å²) >= 11 is 0. The second-order valence-electron chi connectivity index (χ2n) is 6.55. The number of hydrogen-bond donors (Lipinski definition) is 2. The first-order valence-electron chi connectivity index (χ1n) is 9.39. The highest BCUT2D eigenvalue weighted by Gasteiger charge is 2.12. The number of methoxy groups -OCH3 is 1. The standard InChI is InChI=1S/C23H21N3O4/c1-24-23(27)20-12-15(8-10-25-20)14-30-21-7-6-19(18-9-11-29-22(18)21)26-16-4-3-5-17(13-16)28-2/h3-13,26H,14H2,1-2H3,(H,24,27). The number of benzene rings is 2. The lowest BCUT2D eigenvalue weighted by Crippen LogP contribution is -2.19. The lowest BCUT2D eigenvalue weighted by molar-refractivity contribution is 0.0958. The van der Waals surface area contributed by atoms with Crippen molar-refractivity contribution in [1.29, 1.82) is 0 Å². The maximum atomic E-state index is 11.8. The summed E-state index contributed by atoms with van der Waals surface area (Å²) in [5.41, 5.74) is 3.62. The number of hydrogen-bond acceptors (Lipinski definition) is 6. The number of pyridine rings is 1. The second kappa shape index (κ2) is 8.57. The molecular formula is C23H21N3O4. The third-order valence-electron chi connectivity index (χ3n) is 4.61. The first kappa shape index (κ1) is 19.3. The minimum atomic E-state index is -0.238. The van der Waals surface area contributed by atoms with Gasteiger partial charge in [0.05, 0.1) is 13.4 Å². The van der Waals surface area contributed by atoms with E-state index in [0.29, 0.717) is 17.0 Å². The highest BCUT2D eigenvalue weighted by molar-refractivity contribution is 5.96. The van der Waals surface area contributed by atoms with Crippen LogP contribution in [0.2, 0.25) is 0 Å². The molecule has 0 aliphatic rings. The smallest absolute Gasteiger partial charge is 0.269 e. The van der Waals surface area contributed by atoms with Gasteiger partial charge in [-0.05, 0) is 48.0 Å². The van der Waals surface area contributed by atoms with E-state index in [2.05, 4.69) is 15.6 Å². The van der Waals surface area contributed by atoms with Crippen LogP contribution in [0.15, 0.2) is 71.5 Å². The summed E-state index contributed by atoms with van der Waals surface area (Å²) < 4.78 is 16.9. The Labute approximate surface area is 173 Å². The van der Waals surface area contributed by atoms with E-state index < -0.39 is 0 Å². The fraction of sp³-hybridized carbons (Fsp3) is 0.130. The summed E-state index contributed by atoms with van der Waals surface area (Å²) in [6.45, 7) is 0.283. The van der Waals surface area contributed by atoms with Crippen LogP contribution < -0.4 is 20.1 Å². The molecule has 0 saturated carbocycles. The van der Waals surface area contributed by atoms with Crippen molar-refractivity contribution in [3.63, 3.8) is 0 Å². The first-order valence-corrected chi connectivity index (χ1v) is 9.39. The largest absolute Gasteiger partial charge is 0.497 e. The molecule has 7 heteroatoms. The predicted molar refractivity (Wildman–Crippen MR) is 114 cm³/mol. The van der Waals surface area contributed by atoms with Crippen LogP contribution in [0.1, 0.15) is 16.1 Å². The van der Waals surface area contributed by atoms with Crippen molar-refractivity contribution in [2.24, 2.45) is 0 Å². The average molecular weight is 403 g/mol. The zero-order chi connectivity index (χ0) is 20.9. The van der Waals surface area contributed by atoms with Crippen LogP contribution in [0.25, 0.3) is 11.0 Å². The summed E-state index contributed by atoms with van der Waals surface area (Å²) in [4.78, 5) is 15.8. The number of carbonyl (C=O) groups excluding carboxylic acids is 1. The minimum absolute atomic E-state index is 0.238. The van der Waals surface area contributed by atoms with E-state index in [0.717, 1.165) is 28.1 Å². The molecule has 0 unspecified atom stereocenters. The first-order chi connectivity index (χ1) is 14.7. The molecule has 4 rings (SSSR count). The van der Waals surface area contributed by atoms with Gasteiger partial charge < -0.3 is 24.5 Å². The monoisotopic (exact) mass is 403 g/mol. The molecule has 0 bridgehead atoms. The maximum Gasteiger partial charge on any atom is 0.269 e. The van der Waals surface area contributed by atoms with Crippen LogP contribution in [0.3, 0.4) is 0 Å². The molecule has 2 aromatic carbocycles. The Bertz CT molecular complexity index is 1190. The summed E-state index contributed by atoms with van der Waals surface area (Å²) in [5.74, 6) is 1.15. The molecule has 30 heavy (non-hydrogen) atoms. The molecule has 2 aromatic heterocycles. The normalized spacial score (nSPS) is 10.6. The Balaban J connectivity index is 1.54. The van der Waals surface area contributed by atoms with Gasteiger partial charge in [-0.1, -0.05) is 6.07 Å². The molecule has 0 spiro atoms. The van der Waals surface area contributed by atoms with E-state index in [9.17, 15) is 4.79 Å². The van der Waals surface area contributed by atoms with E-state index in [-0.39, 0.29) is 12.5 Å². The SMILES string of the molecule is CNC(=O)c1cc(COc2ccc(Nc3cccc(OC)c3)c3ccoc23)ccn1. The number of amides is 1. The van der Waals surface area contributed by atoms with Gasteiger partial charge in [0.2, 0.25) is 0 Å². The van der Waals surface area contributed by atoms with Crippen LogP contribution in [0, 0.1) is 0 Å². The van der Waals surface area contributed by atoms with Gasteiger partial charge in [-0.2, -0.15) is 0 Å². The molecule has 0 fully saturated rings. The lowest BCUT2D eigenvalue weighted by atomic mass is 10.2. The lowest BCUT2D eigenvalue weighted by Gasteiger charge is -2.12. The molecule has 1 amide bonds. The van der Waals surface area contributed by atoms with E-state index in [1.165, 1.54) is 0 Å². The predicted octanol–water partition coefficient (Wildman–Crippen LogP) is 4.52. The number of rotatable bonds is 7. The Morgan fingerprint density at radius 1 is 1.13 bits per heavy atom. The summed E-state index contributed by atoms with van der Waals surface area (Å²) in [5, 5.41) is 6.85. The van der Waals surface area contributed by atoms with Gasteiger partial charge in [0.1, 0.15) is 18.1 Å². The van der Waals surface area contributed by atoms with Gasteiger partial charge in [0.15, 0.2) is 11.3 Å². The van der Waals surface area contributed by atoms with Gasteiger partial charge in [-0.3, -0.25) is 9.78 Å². The third-order valence-corrected chi connectivity index (χ3v) is 4.61. The molecule has 0 atom stereocenters. The van der Waals surface area contributed by atoms with Crippen LogP contribution in [-0.4, -0.2) is 25.0 Å². The summed E-state index contributed by atoms with van der Waals surface area (Å²) in [6, 6.07) is 16.9. The van der Waals surface area contributed by atoms with Gasteiger partial charge in [-0.25, -0.2) is 0 Å². The van der Waals surface area contributed by atoms with Crippen LogP contribution in [0.5, 0.6) is 11.5 Å². The van der Waals surface area contributed by atoms with Crippen molar-refractivity contribution in [2.75, 3.05) is 19.5 Å². The topological polar surface area (TPSA) is 85.6 Å². The number of furan rings is 1. The Kier molecular flexibility index (Phi) is 5.52. The Morgan fingerprint density at radius 3 is 2.87 bits per heavy atom. The zero-order valence-corrected chi connectivity index (χ0v) is 16.6. The minimum Gasteiger partial charge on any atom is -0.497 e. The molecule has 2 N–H and O–H groups in total. The molecule has 0 aliphatic carbocycles. The van der Waals surface area contributed by atoms with Crippen LogP contribution in [-0.2, 0) is 6.61 Å². The number of nitrogens with zero attached hydrogens (tertiary/aromatic N) is 1. The zero-order valence-electron chi connectivity index (χ0n) is 16.6. The van der Waals surface area contributed by atoms with Crippen molar-refractivity contribution in [3.05, 3.63) is 78.3 Å². The summed E-state index contributed by atoms with van der Waals surface area (Å²) in [7, 11) is 3.21. The van der Waals surface area contributed by atoms with Crippen molar-refractivity contribution < 1.29 is 18.7 Å². The molecule has 7 nitrogen and oxygen atoms in total. The quantitative estimate of drug-likeness (QED) is 0.472. The number of fused-ring (bicyclic) bond motifs is 1. The van der Waals surface area contributed by atoms with Crippen molar-refractivity contribution in [3.8, 4) is 11.5 Å². The van der Waals surface area contributed by atoms with E-state index in [4.69, 9.17) is 13.9 Å². The Morgan fingerprint density at radius 2 is 2.03 bits per heavy atom. The number of nitrogens with one attached hydrogen (secondary N) is 2. The van der Waals surface area contributed by atoms with E-state index in [1.807, 2.05) is 48.5 Å². The van der Waals surface area contributed by atoms with Crippen LogP contribution in [0.4, 0.5) is 11.4 Å². The molecule has 0 radical (unpaired) electrons. The van der Waals surface area contributed by atoms with Crippen molar-refractivity contribution in [1.82, 2.24) is 10.3 Å². The fourth-order valence-electron chi connectivity index (χ4n) is 3.09. The summed E-state index contributed by atoms with van der Waals surface area (Å²) in [6.07, 6.45) is 3.22. The van der Waals surface area contributed by atoms with Gasteiger partial charge in [0.25, 0.3) is 5.91 Å². The van der Waals surface area contributed by atoms with E-state index >= 15 is 0 Å². The molecule has 0 aliphatic heterocycles. The highest BCUT2D eigenvalue weighted by atomic mass is 16.5. The van der Waals surface area contributed by atoms with Crippen molar-refractivity contribution >= 4 is 28.3 Å². The number of carbonyl (C=O) groups is 1. The molecular weight excluding hydrogens is 382 g/mol. The van der Waals surface area contributed by atoms with E-state index in [1.54, 1.807) is 32.7 Å². The average Bonchev–Trinajstić information content (AvgIpc) is 3.29. The fourth-order valence-corrected chi connectivity index (χ4v) is 3.09. The highest BCUT2D eigenvalue weighted by Crippen LogP contribution is 2.35. The van der Waals surface area contributed by atoms with Crippen molar-refractivity contribution in [2.45, 2.75) is 6.61 Å².